The molecule has 2 aliphatic rings. The molecule has 1 aromatic rings. The van der Waals surface area contributed by atoms with Crippen LogP contribution >= 0.6 is 0 Å². The predicted molar refractivity (Wildman–Crippen MR) is 104 cm³/mol. The largest absolute Gasteiger partial charge is 0.468 e. The van der Waals surface area contributed by atoms with Crippen molar-refractivity contribution in [1.29, 1.82) is 10.5 Å². The van der Waals surface area contributed by atoms with Crippen LogP contribution in [0.5, 0.6) is 0 Å². The first kappa shape index (κ1) is 21.7. The van der Waals surface area contributed by atoms with Crippen molar-refractivity contribution in [1.82, 2.24) is 9.80 Å². The van der Waals surface area contributed by atoms with Crippen molar-refractivity contribution in [3.05, 3.63) is 35.9 Å². The number of likely N-dealkylation sites (tertiary alicyclic amines) is 1. The molecule has 2 atom stereocenters. The number of nitrogens with zero attached hydrogens (tertiary/aromatic N) is 4. The molecule has 2 fully saturated rings. The smallest absolute Gasteiger partial charge is 0.343 e. The van der Waals surface area contributed by atoms with Gasteiger partial charge in [-0.3, -0.25) is 14.6 Å². The topological polar surface area (TPSA) is 116 Å². The predicted octanol–water partition coefficient (Wildman–Crippen LogP) is 0.278. The third kappa shape index (κ3) is 3.31. The number of esters is 2. The van der Waals surface area contributed by atoms with Crippen LogP contribution < -0.4 is 0 Å². The van der Waals surface area contributed by atoms with Gasteiger partial charge in [0.1, 0.15) is 0 Å². The van der Waals surface area contributed by atoms with E-state index in [-0.39, 0.29) is 13.1 Å². The van der Waals surface area contributed by atoms with Crippen molar-refractivity contribution in [2.24, 2.45) is 5.92 Å². The van der Waals surface area contributed by atoms with Gasteiger partial charge in [0, 0.05) is 26.2 Å². The molecule has 2 aliphatic heterocycles. The lowest BCUT2D eigenvalue weighted by Crippen LogP contribution is -2.77. The number of hydrogen-bond donors (Lipinski definition) is 0. The summed E-state index contributed by atoms with van der Waals surface area (Å²) >= 11 is 0. The van der Waals surface area contributed by atoms with E-state index in [0.717, 1.165) is 19.8 Å². The highest BCUT2D eigenvalue weighted by Gasteiger charge is 2.64. The molecule has 3 rings (SSSR count). The van der Waals surface area contributed by atoms with Crippen molar-refractivity contribution in [2.45, 2.75) is 11.1 Å². The van der Waals surface area contributed by atoms with Crippen molar-refractivity contribution in [3.8, 4) is 12.1 Å². The lowest BCUT2D eigenvalue weighted by atomic mass is 9.73. The first-order chi connectivity index (χ1) is 14.5. The Hall–Kier alpha value is -2.98. The molecule has 30 heavy (non-hydrogen) atoms. The number of benzene rings is 1. The van der Waals surface area contributed by atoms with Gasteiger partial charge in [-0.15, -0.1) is 0 Å². The number of ether oxygens (including phenoxy) is 3. The Balaban J connectivity index is 2.02. The van der Waals surface area contributed by atoms with E-state index in [4.69, 9.17) is 14.2 Å². The minimum atomic E-state index is -2.10. The van der Waals surface area contributed by atoms with E-state index in [2.05, 4.69) is 4.90 Å². The number of morpholine rings is 1. The second kappa shape index (κ2) is 8.80. The Bertz CT molecular complexity index is 866. The molecule has 1 unspecified atom stereocenters. The molecule has 0 amide bonds. The molecular formula is C21H24N4O5. The van der Waals surface area contributed by atoms with E-state index >= 15 is 0 Å². The van der Waals surface area contributed by atoms with Crippen LogP contribution in [0, 0.1) is 28.6 Å². The number of methoxy groups -OCH3 is 2. The normalized spacial score (nSPS) is 21.7. The number of nitriles is 2. The molecule has 158 valence electrons. The van der Waals surface area contributed by atoms with Crippen LogP contribution in [0.3, 0.4) is 0 Å². The van der Waals surface area contributed by atoms with Gasteiger partial charge in [0.2, 0.25) is 5.54 Å². The van der Waals surface area contributed by atoms with Gasteiger partial charge in [0.15, 0.2) is 5.92 Å². The number of hydrogen-bond acceptors (Lipinski definition) is 9. The monoisotopic (exact) mass is 412 g/mol. The fraction of sp³-hybridized carbons (Fsp3) is 0.524. The molecule has 0 saturated carbocycles. The second-order valence-corrected chi connectivity index (χ2v) is 7.31. The fourth-order valence-electron chi connectivity index (χ4n) is 4.34. The maximum atomic E-state index is 12.8. The zero-order chi connectivity index (χ0) is 21.8. The van der Waals surface area contributed by atoms with Crippen LogP contribution in [0.15, 0.2) is 30.3 Å². The Labute approximate surface area is 175 Å². The summed E-state index contributed by atoms with van der Waals surface area (Å²) in [5.41, 5.74) is -1.54. The van der Waals surface area contributed by atoms with Crippen LogP contribution in [0.4, 0.5) is 0 Å². The second-order valence-electron chi connectivity index (χ2n) is 7.31. The standard InChI is InChI=1S/C21H24N4O5/c1-28-18(26)17(12-22)21(13-23,19(27)29-2)25-14-20(15-25,16-6-4-3-5-7-16)24-8-10-30-11-9-24/h3-7,17H,8-11,14-15H2,1-2H3/t17?,21-/m0/s1. The van der Waals surface area contributed by atoms with Crippen molar-refractivity contribution >= 4 is 11.9 Å². The summed E-state index contributed by atoms with van der Waals surface area (Å²) in [6, 6.07) is 13.5. The summed E-state index contributed by atoms with van der Waals surface area (Å²) in [5.74, 6) is -3.54. The van der Waals surface area contributed by atoms with Gasteiger partial charge in [0.05, 0.1) is 45.1 Å². The van der Waals surface area contributed by atoms with Crippen LogP contribution in [-0.2, 0) is 29.3 Å². The Morgan fingerprint density at radius 1 is 1.13 bits per heavy atom. The molecule has 2 saturated heterocycles. The molecule has 9 nitrogen and oxygen atoms in total. The lowest BCUT2D eigenvalue weighted by Gasteiger charge is -2.60. The number of carbonyl (C=O) groups excluding carboxylic acids is 2. The molecule has 0 aromatic heterocycles. The highest BCUT2D eigenvalue weighted by atomic mass is 16.5. The summed E-state index contributed by atoms with van der Waals surface area (Å²) in [6.45, 7) is 3.10. The molecule has 0 N–H and O–H groups in total. The van der Waals surface area contributed by atoms with E-state index in [1.54, 1.807) is 11.0 Å². The molecule has 0 spiro atoms. The average Bonchev–Trinajstić information content (AvgIpc) is 2.78. The number of carbonyl (C=O) groups is 2. The number of rotatable bonds is 6. The zero-order valence-electron chi connectivity index (χ0n) is 17.0. The van der Waals surface area contributed by atoms with E-state index in [1.807, 2.05) is 36.4 Å². The summed E-state index contributed by atoms with van der Waals surface area (Å²) in [6.07, 6.45) is 0. The van der Waals surface area contributed by atoms with Gasteiger partial charge >= 0.3 is 11.9 Å². The maximum absolute atomic E-state index is 12.8. The van der Waals surface area contributed by atoms with Crippen molar-refractivity contribution in [2.75, 3.05) is 53.6 Å². The van der Waals surface area contributed by atoms with Crippen LogP contribution in [0.1, 0.15) is 5.56 Å². The molecule has 0 aliphatic carbocycles. The molecule has 9 heteroatoms. The summed E-state index contributed by atoms with van der Waals surface area (Å²) < 4.78 is 15.1. The fourth-order valence-corrected chi connectivity index (χ4v) is 4.34. The third-order valence-electron chi connectivity index (χ3n) is 5.98. The molecule has 0 radical (unpaired) electrons. The van der Waals surface area contributed by atoms with Crippen molar-refractivity contribution < 1.29 is 23.8 Å². The van der Waals surface area contributed by atoms with Crippen LogP contribution in [-0.4, -0.2) is 80.9 Å². The van der Waals surface area contributed by atoms with Gasteiger partial charge < -0.3 is 14.2 Å². The third-order valence-corrected chi connectivity index (χ3v) is 5.98. The van der Waals surface area contributed by atoms with E-state index in [1.165, 1.54) is 0 Å². The minimum absolute atomic E-state index is 0.273. The van der Waals surface area contributed by atoms with E-state index in [0.29, 0.717) is 26.3 Å². The van der Waals surface area contributed by atoms with E-state index in [9.17, 15) is 20.1 Å². The first-order valence-corrected chi connectivity index (χ1v) is 9.60. The minimum Gasteiger partial charge on any atom is -0.468 e. The summed E-state index contributed by atoms with van der Waals surface area (Å²) in [7, 11) is 2.25. The summed E-state index contributed by atoms with van der Waals surface area (Å²) in [5, 5.41) is 19.7. The molecule has 2 heterocycles. The zero-order valence-corrected chi connectivity index (χ0v) is 17.0. The van der Waals surface area contributed by atoms with Crippen LogP contribution in [0.2, 0.25) is 0 Å². The Morgan fingerprint density at radius 2 is 1.77 bits per heavy atom. The lowest BCUT2D eigenvalue weighted by molar-refractivity contribution is -0.178. The average molecular weight is 412 g/mol. The van der Waals surface area contributed by atoms with Gasteiger partial charge in [-0.2, -0.15) is 10.5 Å². The molecule has 1 aromatic carbocycles. The first-order valence-electron chi connectivity index (χ1n) is 9.60. The SMILES string of the molecule is COC(=O)C(C#N)[C@@](C#N)(C(=O)OC)N1CC(c2ccccc2)(N2CCOCC2)C1. The maximum Gasteiger partial charge on any atom is 0.343 e. The van der Waals surface area contributed by atoms with Gasteiger partial charge in [0.25, 0.3) is 0 Å². The van der Waals surface area contributed by atoms with E-state index < -0.39 is 28.9 Å². The Morgan fingerprint density at radius 3 is 2.27 bits per heavy atom. The Kier molecular flexibility index (Phi) is 6.37. The van der Waals surface area contributed by atoms with Crippen LogP contribution in [0.25, 0.3) is 0 Å². The van der Waals surface area contributed by atoms with Gasteiger partial charge in [-0.1, -0.05) is 30.3 Å². The molecule has 0 bridgehead atoms. The van der Waals surface area contributed by atoms with Gasteiger partial charge in [-0.05, 0) is 5.56 Å². The summed E-state index contributed by atoms with van der Waals surface area (Å²) in [4.78, 5) is 28.9. The highest BCUT2D eigenvalue weighted by molar-refractivity contribution is 5.93. The van der Waals surface area contributed by atoms with Gasteiger partial charge in [-0.25, -0.2) is 4.79 Å². The van der Waals surface area contributed by atoms with Crippen molar-refractivity contribution in [3.63, 3.8) is 0 Å². The molecular weight excluding hydrogens is 388 g/mol. The quantitative estimate of drug-likeness (QED) is 0.607. The highest BCUT2D eigenvalue weighted by Crippen LogP contribution is 2.44.